The summed E-state index contributed by atoms with van der Waals surface area (Å²) in [5.74, 6) is 9.66. The minimum Gasteiger partial charge on any atom is -0.383 e. The molecule has 2 aliphatic heterocycles. The summed E-state index contributed by atoms with van der Waals surface area (Å²) in [6.07, 6.45) is 2.33. The summed E-state index contributed by atoms with van der Waals surface area (Å²) in [6, 6.07) is 17.0. The Bertz CT molecular complexity index is 3150. The number of piperazine rings is 1. The first-order valence-corrected chi connectivity index (χ1v) is 22.1. The molecule has 1 aliphatic carbocycles. The maximum Gasteiger partial charge on any atom is 0.220 e. The van der Waals surface area contributed by atoms with Crippen LogP contribution < -0.4 is 31.5 Å². The Kier molecular flexibility index (Phi) is 12.2. The predicted molar refractivity (Wildman–Crippen MR) is 248 cm³/mol. The highest BCUT2D eigenvalue weighted by Crippen LogP contribution is 2.50. The normalized spacial score (nSPS) is 18.9. The zero-order chi connectivity index (χ0) is 46.2. The van der Waals surface area contributed by atoms with E-state index in [4.69, 9.17) is 0 Å². The van der Waals surface area contributed by atoms with Gasteiger partial charge in [-0.1, -0.05) is 39.0 Å². The Hall–Kier alpha value is -7.43. The van der Waals surface area contributed by atoms with Crippen LogP contribution in [0, 0.1) is 11.3 Å². The number of carbonyl (C=O) groups excluding carboxylic acids is 6. The molecule has 4 N–H and O–H groups in total. The van der Waals surface area contributed by atoms with Crippen molar-refractivity contribution in [2.75, 3.05) is 42.9 Å². The molecule has 0 saturated carbocycles. The van der Waals surface area contributed by atoms with Crippen molar-refractivity contribution in [1.29, 1.82) is 5.26 Å². The van der Waals surface area contributed by atoms with Crippen LogP contribution in [0.1, 0.15) is 99.9 Å². The van der Waals surface area contributed by atoms with Crippen molar-refractivity contribution in [3.63, 3.8) is 0 Å². The fraction of sp³-hybridized carbons (Fsp3) is 0.373. The number of nitrogens with one attached hydrogen (secondary N) is 4. The molecule has 3 aliphatic rings. The molecule has 14 nitrogen and oxygen atoms in total. The van der Waals surface area contributed by atoms with Crippen LogP contribution in [0.4, 0.5) is 11.4 Å². The Morgan fingerprint density at radius 3 is 2.35 bits per heavy atom. The molecule has 65 heavy (non-hydrogen) atoms. The first kappa shape index (κ1) is 44.2. The quantitative estimate of drug-likeness (QED) is 0.112. The molecule has 3 unspecified atom stereocenters. The lowest BCUT2D eigenvalue weighted by Gasteiger charge is -2.46. The van der Waals surface area contributed by atoms with Gasteiger partial charge in [-0.15, -0.1) is 0 Å². The van der Waals surface area contributed by atoms with E-state index in [1.165, 1.54) is 10.1 Å². The van der Waals surface area contributed by atoms with Crippen LogP contribution in [-0.4, -0.2) is 94.9 Å². The summed E-state index contributed by atoms with van der Waals surface area (Å²) in [5.41, 5.74) is 8.29. The van der Waals surface area contributed by atoms with E-state index in [-0.39, 0.29) is 52.9 Å². The summed E-state index contributed by atoms with van der Waals surface area (Å²) in [7, 11) is 0. The van der Waals surface area contributed by atoms with E-state index in [0.717, 1.165) is 65.0 Å². The summed E-state index contributed by atoms with van der Waals surface area (Å²) in [4.78, 5) is 82.1. The number of carbonyl (C=O) groups is 1. The number of aromatic nitrogens is 2. The van der Waals surface area contributed by atoms with Crippen molar-refractivity contribution in [3.05, 3.63) is 104 Å². The monoisotopic (exact) mass is 870 g/mol. The van der Waals surface area contributed by atoms with Crippen LogP contribution in [0.5, 0.6) is 0 Å². The third-order valence-corrected chi connectivity index (χ3v) is 13.5. The van der Waals surface area contributed by atoms with Gasteiger partial charge in [0.15, 0.2) is 11.9 Å². The van der Waals surface area contributed by atoms with E-state index in [1.54, 1.807) is 36.1 Å². The van der Waals surface area contributed by atoms with Gasteiger partial charge in [-0.3, -0.25) is 9.69 Å². The first-order valence-electron chi connectivity index (χ1n) is 22.1. The predicted octanol–water partition coefficient (Wildman–Crippen LogP) is 3.73. The summed E-state index contributed by atoms with van der Waals surface area (Å²) in [6.45, 7) is 14.0. The first-order chi connectivity index (χ1) is 31.4. The van der Waals surface area contributed by atoms with Crippen molar-refractivity contribution >= 4 is 74.2 Å². The lowest BCUT2D eigenvalue weighted by molar-refractivity contribution is -0.121. The van der Waals surface area contributed by atoms with Crippen LogP contribution >= 0.6 is 0 Å². The molecule has 0 radical (unpaired) electrons. The minimum atomic E-state index is -0.766. The topological polar surface area (TPSA) is 189 Å². The van der Waals surface area contributed by atoms with Gasteiger partial charge in [0.05, 0.1) is 23.2 Å². The molecule has 2 fully saturated rings. The molecule has 4 heterocycles. The molecule has 330 valence electrons. The number of fused-ring (bicyclic) bond motifs is 5. The SMILES string of the molecule is CCc1cc2c(cc1N1CC(C)N(CCCC(=O)NCCNc3cccc4c(=C=O)n(C5CCC(=C=O)NC5=C=O)c(=C=O)c34)C(C)C1)C(C)(C)c1[nH]c3cc(C#N)ccc3c1C2=C=O. The van der Waals surface area contributed by atoms with Crippen molar-refractivity contribution in [1.82, 2.24) is 25.1 Å². The van der Waals surface area contributed by atoms with Gasteiger partial charge in [-0.05, 0) is 86.7 Å². The van der Waals surface area contributed by atoms with Crippen LogP contribution in [0.3, 0.4) is 0 Å². The Labute approximate surface area is 375 Å². The maximum absolute atomic E-state index is 13.0. The number of piperidine rings is 1. The number of allylic oxidation sites excluding steroid dienone is 2. The number of benzene rings is 3. The Morgan fingerprint density at radius 2 is 1.68 bits per heavy atom. The second kappa shape index (κ2) is 18.0. The standard InChI is InChI=1S/C51H50N8O6/c1-6-33-20-37-38(26-61)48-35-14-12-32(22-52)19-41(35)56-50(48)51(4,5)39(37)21-44(33)57-23-30(2)58(31(3)24-57)18-8-11-47(65)54-17-16-53-40-10-7-9-36-45(28-63)59(46(29-64)49(36)40)43-15-13-34(25-60)55-42(43)27-62/h7,9-10,12,14,19-21,30-31,43,53,55-56H,6,8,11,13,15-18,23-24H2,1-5H3,(H,54,65). The highest BCUT2D eigenvalue weighted by atomic mass is 16.1. The van der Waals surface area contributed by atoms with Gasteiger partial charge >= 0.3 is 0 Å². The van der Waals surface area contributed by atoms with E-state index >= 15 is 0 Å². The van der Waals surface area contributed by atoms with Crippen LogP contribution in [-0.2, 0) is 40.6 Å². The van der Waals surface area contributed by atoms with Gasteiger partial charge in [-0.25, -0.2) is 24.0 Å². The lowest BCUT2D eigenvalue weighted by Crippen LogP contribution is -2.57. The average molecular weight is 871 g/mol. The maximum atomic E-state index is 13.0. The Morgan fingerprint density at radius 1 is 0.908 bits per heavy atom. The van der Waals surface area contributed by atoms with E-state index in [1.807, 2.05) is 24.0 Å². The highest BCUT2D eigenvalue weighted by molar-refractivity contribution is 6.10. The number of aryl methyl sites for hydroxylation is 1. The molecular weight excluding hydrogens is 821 g/mol. The summed E-state index contributed by atoms with van der Waals surface area (Å²) in [5, 5.41) is 20.4. The molecule has 0 bridgehead atoms. The van der Waals surface area contributed by atoms with Gasteiger partial charge in [0.25, 0.3) is 0 Å². The number of H-pyrrole nitrogens is 1. The van der Waals surface area contributed by atoms with E-state index in [9.17, 15) is 34.0 Å². The zero-order valence-corrected chi connectivity index (χ0v) is 37.2. The van der Waals surface area contributed by atoms with Crippen LogP contribution in [0.15, 0.2) is 59.9 Å². The molecular formula is C51H50N8O6. The molecule has 0 spiro atoms. The number of nitriles is 1. The number of hydrogen-bond donors (Lipinski definition) is 4. The molecule has 8 rings (SSSR count). The minimum absolute atomic E-state index is 0.00423. The van der Waals surface area contributed by atoms with Gasteiger partial charge in [0, 0.05) is 101 Å². The molecule has 3 aromatic carbocycles. The summed E-state index contributed by atoms with van der Waals surface area (Å²) < 4.78 is 1.42. The molecule has 14 heteroatoms. The van der Waals surface area contributed by atoms with Gasteiger partial charge < -0.3 is 30.4 Å². The fourth-order valence-electron chi connectivity index (χ4n) is 10.4. The molecule has 3 atom stereocenters. The van der Waals surface area contributed by atoms with Crippen LogP contribution in [0.25, 0.3) is 27.2 Å². The van der Waals surface area contributed by atoms with Crippen LogP contribution in [0.2, 0.25) is 0 Å². The molecule has 2 aromatic heterocycles. The van der Waals surface area contributed by atoms with Crippen molar-refractivity contribution in [2.24, 2.45) is 0 Å². The third kappa shape index (κ3) is 7.74. The number of aromatic amines is 1. The number of nitrogens with zero attached hydrogens (tertiary/aromatic N) is 4. The van der Waals surface area contributed by atoms with Crippen molar-refractivity contribution < 1.29 is 28.8 Å². The second-order valence-electron chi connectivity index (χ2n) is 17.7. The lowest BCUT2D eigenvalue weighted by atomic mass is 9.69. The molecule has 5 aromatic rings. The summed E-state index contributed by atoms with van der Waals surface area (Å²) >= 11 is 0. The van der Waals surface area contributed by atoms with Crippen molar-refractivity contribution in [3.8, 4) is 6.07 Å². The van der Waals surface area contributed by atoms with Crippen molar-refractivity contribution in [2.45, 2.75) is 90.3 Å². The number of hydrogen-bond acceptors (Lipinski definition) is 11. The molecule has 1 amide bonds. The number of rotatable bonds is 11. The third-order valence-electron chi connectivity index (χ3n) is 13.5. The number of amides is 1. The average Bonchev–Trinajstić information content (AvgIpc) is 3.87. The largest absolute Gasteiger partial charge is 0.383 e. The second-order valence-corrected chi connectivity index (χ2v) is 17.7. The zero-order valence-electron chi connectivity index (χ0n) is 37.2. The highest BCUT2D eigenvalue weighted by Gasteiger charge is 2.40. The van der Waals surface area contributed by atoms with E-state index < -0.39 is 11.5 Å². The van der Waals surface area contributed by atoms with Gasteiger partial charge in [-0.2, -0.15) is 5.26 Å². The Balaban J connectivity index is 0.891. The van der Waals surface area contributed by atoms with E-state index in [0.29, 0.717) is 53.5 Å². The smallest absolute Gasteiger partial charge is 0.220 e. The fourth-order valence-corrected chi connectivity index (χ4v) is 10.4. The van der Waals surface area contributed by atoms with Gasteiger partial charge in [0.2, 0.25) is 5.91 Å². The number of anilines is 2. The van der Waals surface area contributed by atoms with E-state index in [2.05, 4.69) is 89.5 Å². The van der Waals surface area contributed by atoms with Gasteiger partial charge in [0.1, 0.15) is 39.9 Å². The molecule has 2 saturated heterocycles.